The lowest BCUT2D eigenvalue weighted by Gasteiger charge is -2.15. The summed E-state index contributed by atoms with van der Waals surface area (Å²) in [7, 11) is 2.04. The maximum absolute atomic E-state index is 11.4. The van der Waals surface area contributed by atoms with Crippen LogP contribution in [0.15, 0.2) is 30.3 Å². The summed E-state index contributed by atoms with van der Waals surface area (Å²) in [5.74, 6) is 0. The van der Waals surface area contributed by atoms with Crippen molar-refractivity contribution < 1.29 is 9.53 Å². The maximum atomic E-state index is 11.4. The minimum Gasteiger partial charge on any atom is -0.445 e. The third kappa shape index (κ3) is 6.25. The Morgan fingerprint density at radius 2 is 2.00 bits per heavy atom. The van der Waals surface area contributed by atoms with Gasteiger partial charge in [0.05, 0.1) is 0 Å². The number of benzene rings is 1. The zero-order chi connectivity index (χ0) is 13.2. The Morgan fingerprint density at radius 3 is 2.67 bits per heavy atom. The van der Waals surface area contributed by atoms with Crippen molar-refractivity contribution in [2.75, 3.05) is 26.7 Å². The fourth-order valence-electron chi connectivity index (χ4n) is 1.62. The molecule has 0 radical (unpaired) electrons. The Labute approximate surface area is 109 Å². The highest BCUT2D eigenvalue weighted by molar-refractivity contribution is 5.67. The van der Waals surface area contributed by atoms with E-state index in [1.807, 2.05) is 37.4 Å². The number of hydrogen-bond donors (Lipinski definition) is 1. The van der Waals surface area contributed by atoms with E-state index in [0.29, 0.717) is 13.2 Å². The van der Waals surface area contributed by atoms with Gasteiger partial charge in [0.1, 0.15) is 6.61 Å². The van der Waals surface area contributed by atoms with Crippen molar-refractivity contribution >= 4 is 6.09 Å². The van der Waals surface area contributed by atoms with Crippen molar-refractivity contribution in [2.45, 2.75) is 20.0 Å². The third-order valence-electron chi connectivity index (χ3n) is 2.58. The molecule has 0 saturated heterocycles. The molecule has 0 unspecified atom stereocenters. The lowest BCUT2D eigenvalue weighted by molar-refractivity contribution is 0.138. The number of nitrogens with zero attached hydrogens (tertiary/aromatic N) is 1. The Kier molecular flexibility index (Phi) is 6.87. The van der Waals surface area contributed by atoms with Crippen molar-refractivity contribution in [3.8, 4) is 0 Å². The van der Waals surface area contributed by atoms with Crippen LogP contribution >= 0.6 is 0 Å². The number of rotatable bonds is 7. The zero-order valence-corrected chi connectivity index (χ0v) is 11.2. The highest BCUT2D eigenvalue weighted by Gasteiger charge is 2.02. The number of carbonyl (C=O) groups is 1. The van der Waals surface area contributed by atoms with E-state index in [1.165, 1.54) is 0 Å². The van der Waals surface area contributed by atoms with Gasteiger partial charge in [-0.25, -0.2) is 4.79 Å². The maximum Gasteiger partial charge on any atom is 0.407 e. The third-order valence-corrected chi connectivity index (χ3v) is 2.58. The Morgan fingerprint density at radius 1 is 1.28 bits per heavy atom. The predicted molar refractivity (Wildman–Crippen MR) is 72.4 cm³/mol. The molecule has 0 atom stereocenters. The highest BCUT2D eigenvalue weighted by atomic mass is 16.5. The molecule has 1 N–H and O–H groups in total. The number of nitrogens with one attached hydrogen (secondary N) is 1. The fraction of sp³-hybridized carbons (Fsp3) is 0.500. The first-order valence-electron chi connectivity index (χ1n) is 6.35. The predicted octanol–water partition coefficient (Wildman–Crippen LogP) is 2.25. The quantitative estimate of drug-likeness (QED) is 0.807. The summed E-state index contributed by atoms with van der Waals surface area (Å²) in [5, 5.41) is 2.74. The standard InChI is InChI=1S/C14H22N2O2/c1-3-10-16(2)11-9-15-14(17)18-12-13-7-5-4-6-8-13/h4-8H,3,9-12H2,1-2H3,(H,15,17). The van der Waals surface area contributed by atoms with Crippen LogP contribution in [-0.2, 0) is 11.3 Å². The second kappa shape index (κ2) is 8.53. The molecule has 1 amide bonds. The van der Waals surface area contributed by atoms with E-state index >= 15 is 0 Å². The van der Waals surface area contributed by atoms with Crippen molar-refractivity contribution in [3.05, 3.63) is 35.9 Å². The largest absolute Gasteiger partial charge is 0.445 e. The summed E-state index contributed by atoms with van der Waals surface area (Å²) < 4.78 is 5.10. The van der Waals surface area contributed by atoms with Crippen LogP contribution in [0.1, 0.15) is 18.9 Å². The second-order valence-corrected chi connectivity index (χ2v) is 4.29. The Hall–Kier alpha value is -1.55. The second-order valence-electron chi connectivity index (χ2n) is 4.29. The van der Waals surface area contributed by atoms with Crippen LogP contribution in [-0.4, -0.2) is 37.7 Å². The molecule has 18 heavy (non-hydrogen) atoms. The average Bonchev–Trinajstić information content (AvgIpc) is 2.38. The van der Waals surface area contributed by atoms with Gasteiger partial charge in [-0.05, 0) is 25.6 Å². The lowest BCUT2D eigenvalue weighted by Crippen LogP contribution is -2.33. The van der Waals surface area contributed by atoms with Gasteiger partial charge in [-0.15, -0.1) is 0 Å². The molecule has 1 aromatic rings. The molecule has 0 aliphatic rings. The minimum absolute atomic E-state index is 0.317. The fourth-order valence-corrected chi connectivity index (χ4v) is 1.62. The van der Waals surface area contributed by atoms with Gasteiger partial charge < -0.3 is 15.0 Å². The highest BCUT2D eigenvalue weighted by Crippen LogP contribution is 2.00. The van der Waals surface area contributed by atoms with Crippen molar-refractivity contribution in [2.24, 2.45) is 0 Å². The molecule has 0 aliphatic heterocycles. The Balaban J connectivity index is 2.11. The van der Waals surface area contributed by atoms with E-state index in [1.54, 1.807) is 0 Å². The van der Waals surface area contributed by atoms with Gasteiger partial charge in [0.25, 0.3) is 0 Å². The topological polar surface area (TPSA) is 41.6 Å². The number of carbonyl (C=O) groups excluding carboxylic acids is 1. The molecule has 0 saturated carbocycles. The zero-order valence-electron chi connectivity index (χ0n) is 11.2. The monoisotopic (exact) mass is 250 g/mol. The van der Waals surface area contributed by atoms with E-state index in [2.05, 4.69) is 17.1 Å². The molecule has 0 aliphatic carbocycles. The van der Waals surface area contributed by atoms with Gasteiger partial charge in [0.15, 0.2) is 0 Å². The van der Waals surface area contributed by atoms with Gasteiger partial charge in [0, 0.05) is 13.1 Å². The first kappa shape index (κ1) is 14.5. The number of alkyl carbamates (subject to hydrolysis) is 1. The van der Waals surface area contributed by atoms with Crippen LogP contribution < -0.4 is 5.32 Å². The van der Waals surface area contributed by atoms with E-state index in [9.17, 15) is 4.79 Å². The van der Waals surface area contributed by atoms with Crippen LogP contribution in [0.5, 0.6) is 0 Å². The molecule has 1 aromatic carbocycles. The summed E-state index contributed by atoms with van der Waals surface area (Å²) in [5.41, 5.74) is 0.996. The van der Waals surface area contributed by atoms with Gasteiger partial charge >= 0.3 is 6.09 Å². The number of ether oxygens (including phenoxy) is 1. The van der Waals surface area contributed by atoms with Gasteiger partial charge in [-0.2, -0.15) is 0 Å². The van der Waals surface area contributed by atoms with Crippen molar-refractivity contribution in [1.82, 2.24) is 10.2 Å². The first-order chi connectivity index (χ1) is 8.72. The summed E-state index contributed by atoms with van der Waals surface area (Å²) in [4.78, 5) is 13.6. The smallest absolute Gasteiger partial charge is 0.407 e. The van der Waals surface area contributed by atoms with E-state index in [0.717, 1.165) is 25.1 Å². The molecule has 4 nitrogen and oxygen atoms in total. The first-order valence-corrected chi connectivity index (χ1v) is 6.35. The normalized spacial score (nSPS) is 10.4. The van der Waals surface area contributed by atoms with Crippen LogP contribution in [0.2, 0.25) is 0 Å². The van der Waals surface area contributed by atoms with Gasteiger partial charge in [0.2, 0.25) is 0 Å². The number of amides is 1. The molecular formula is C14H22N2O2. The van der Waals surface area contributed by atoms with E-state index < -0.39 is 0 Å². The van der Waals surface area contributed by atoms with Crippen LogP contribution in [0.4, 0.5) is 4.79 Å². The number of likely N-dealkylation sites (N-methyl/N-ethyl adjacent to an activating group) is 1. The SMILES string of the molecule is CCCN(C)CCNC(=O)OCc1ccccc1. The molecule has 0 heterocycles. The average molecular weight is 250 g/mol. The van der Waals surface area contributed by atoms with Crippen LogP contribution in [0, 0.1) is 0 Å². The molecule has 1 rings (SSSR count). The van der Waals surface area contributed by atoms with E-state index in [-0.39, 0.29) is 6.09 Å². The van der Waals surface area contributed by atoms with Crippen molar-refractivity contribution in [1.29, 1.82) is 0 Å². The molecule has 0 aromatic heterocycles. The molecule has 0 fully saturated rings. The molecule has 100 valence electrons. The summed E-state index contributed by atoms with van der Waals surface area (Å²) in [6.45, 7) is 4.95. The Bertz CT molecular complexity index is 341. The minimum atomic E-state index is -0.358. The summed E-state index contributed by atoms with van der Waals surface area (Å²) in [6.07, 6.45) is 0.762. The molecule has 0 bridgehead atoms. The van der Waals surface area contributed by atoms with E-state index in [4.69, 9.17) is 4.74 Å². The van der Waals surface area contributed by atoms with Crippen LogP contribution in [0.25, 0.3) is 0 Å². The summed E-state index contributed by atoms with van der Waals surface area (Å²) >= 11 is 0. The summed E-state index contributed by atoms with van der Waals surface area (Å²) in [6, 6.07) is 9.66. The molecule has 4 heteroatoms. The van der Waals surface area contributed by atoms with Gasteiger partial charge in [-0.3, -0.25) is 0 Å². The lowest BCUT2D eigenvalue weighted by atomic mass is 10.2. The molecule has 0 spiro atoms. The van der Waals surface area contributed by atoms with Gasteiger partial charge in [-0.1, -0.05) is 37.3 Å². The number of hydrogen-bond acceptors (Lipinski definition) is 3. The van der Waals surface area contributed by atoms with Crippen LogP contribution in [0.3, 0.4) is 0 Å². The molecular weight excluding hydrogens is 228 g/mol. The van der Waals surface area contributed by atoms with Crippen molar-refractivity contribution in [3.63, 3.8) is 0 Å².